The van der Waals surface area contributed by atoms with Crippen LogP contribution in [0.3, 0.4) is 0 Å². The molecule has 1 N–H and O–H groups in total. The average molecular weight is 419 g/mol. The highest BCUT2D eigenvalue weighted by Gasteiger charge is 2.17. The Morgan fingerprint density at radius 1 is 1.24 bits per heavy atom. The van der Waals surface area contributed by atoms with Crippen LogP contribution in [-0.4, -0.2) is 14.8 Å². The van der Waals surface area contributed by atoms with Crippen LogP contribution in [0.4, 0.5) is 5.69 Å². The Hall–Kier alpha value is -1.99. The van der Waals surface area contributed by atoms with Crippen molar-refractivity contribution >= 4 is 33.0 Å². The molecule has 0 saturated heterocycles. The maximum atomic E-state index is 12.0. The number of anilines is 1. The standard InChI is InChI=1S/C18H19BrN4OS/c1-10-5-7-13(8-6-10)17-22-12(3)16(25-17)11(2)21-14-9-20-23(4)18(24)15(14)19/h5-9,11,21H,1-4H3. The van der Waals surface area contributed by atoms with Gasteiger partial charge in [-0.05, 0) is 36.7 Å². The van der Waals surface area contributed by atoms with Gasteiger partial charge in [0.2, 0.25) is 0 Å². The van der Waals surface area contributed by atoms with Crippen LogP contribution in [0.25, 0.3) is 10.6 Å². The van der Waals surface area contributed by atoms with Crippen LogP contribution in [-0.2, 0) is 7.05 Å². The number of nitrogens with zero attached hydrogens (tertiary/aromatic N) is 3. The van der Waals surface area contributed by atoms with Gasteiger partial charge in [-0.1, -0.05) is 29.8 Å². The maximum absolute atomic E-state index is 12.0. The van der Waals surface area contributed by atoms with Gasteiger partial charge in [-0.3, -0.25) is 4.79 Å². The van der Waals surface area contributed by atoms with Gasteiger partial charge >= 0.3 is 0 Å². The summed E-state index contributed by atoms with van der Waals surface area (Å²) in [5.74, 6) is 0. The molecular weight excluding hydrogens is 400 g/mol. The predicted octanol–water partition coefficient (Wildman–Crippen LogP) is 4.46. The molecule has 130 valence electrons. The minimum Gasteiger partial charge on any atom is -0.375 e. The van der Waals surface area contributed by atoms with Crippen LogP contribution in [0.15, 0.2) is 39.7 Å². The van der Waals surface area contributed by atoms with E-state index in [1.54, 1.807) is 24.6 Å². The zero-order valence-electron chi connectivity index (χ0n) is 14.5. The number of aryl methyl sites for hydroxylation is 3. The number of hydrogen-bond donors (Lipinski definition) is 1. The molecule has 3 aromatic rings. The topological polar surface area (TPSA) is 59.8 Å². The van der Waals surface area contributed by atoms with Crippen molar-refractivity contribution in [3.05, 3.63) is 61.4 Å². The van der Waals surface area contributed by atoms with Gasteiger partial charge in [-0.15, -0.1) is 11.3 Å². The van der Waals surface area contributed by atoms with Crippen LogP contribution in [0.2, 0.25) is 0 Å². The highest BCUT2D eigenvalue weighted by Crippen LogP contribution is 2.34. The monoisotopic (exact) mass is 418 g/mol. The minimum absolute atomic E-state index is 0.0157. The number of benzene rings is 1. The average Bonchev–Trinajstić information content (AvgIpc) is 2.98. The fourth-order valence-corrected chi connectivity index (χ4v) is 4.09. The third-order valence-electron chi connectivity index (χ3n) is 3.97. The first kappa shape index (κ1) is 17.8. The number of aromatic nitrogens is 3. The molecule has 5 nitrogen and oxygen atoms in total. The Kier molecular flexibility index (Phi) is 5.06. The molecule has 1 atom stereocenters. The third kappa shape index (κ3) is 3.67. The van der Waals surface area contributed by atoms with E-state index in [0.29, 0.717) is 10.2 Å². The highest BCUT2D eigenvalue weighted by atomic mass is 79.9. The molecule has 0 saturated carbocycles. The number of thiazole rings is 1. The molecule has 0 amide bonds. The van der Waals surface area contributed by atoms with Gasteiger partial charge in [0.05, 0.1) is 23.6 Å². The number of halogens is 1. The van der Waals surface area contributed by atoms with Crippen molar-refractivity contribution in [3.63, 3.8) is 0 Å². The number of rotatable bonds is 4. The summed E-state index contributed by atoms with van der Waals surface area (Å²) in [7, 11) is 1.63. The summed E-state index contributed by atoms with van der Waals surface area (Å²) in [6.45, 7) is 6.15. The molecule has 2 aromatic heterocycles. The fraction of sp³-hybridized carbons (Fsp3) is 0.278. The van der Waals surface area contributed by atoms with E-state index in [9.17, 15) is 4.79 Å². The normalized spacial score (nSPS) is 12.2. The van der Waals surface area contributed by atoms with Crippen LogP contribution < -0.4 is 10.9 Å². The maximum Gasteiger partial charge on any atom is 0.282 e. The summed E-state index contributed by atoms with van der Waals surface area (Å²) >= 11 is 5.02. The summed E-state index contributed by atoms with van der Waals surface area (Å²) < 4.78 is 1.78. The number of hydrogen-bond acceptors (Lipinski definition) is 5. The van der Waals surface area contributed by atoms with Gasteiger partial charge in [0.15, 0.2) is 0 Å². The van der Waals surface area contributed by atoms with Crippen molar-refractivity contribution in [1.82, 2.24) is 14.8 Å². The van der Waals surface area contributed by atoms with Crippen molar-refractivity contribution in [1.29, 1.82) is 0 Å². The SMILES string of the molecule is Cc1ccc(-c2nc(C)c(C(C)Nc3cnn(C)c(=O)c3Br)s2)cc1. The second kappa shape index (κ2) is 7.09. The molecule has 1 aromatic carbocycles. The second-order valence-electron chi connectivity index (χ2n) is 6.00. The Morgan fingerprint density at radius 2 is 1.92 bits per heavy atom. The Morgan fingerprint density at radius 3 is 2.60 bits per heavy atom. The molecule has 25 heavy (non-hydrogen) atoms. The molecular formula is C18H19BrN4OS. The van der Waals surface area contributed by atoms with E-state index in [-0.39, 0.29) is 11.6 Å². The van der Waals surface area contributed by atoms with E-state index in [4.69, 9.17) is 4.98 Å². The van der Waals surface area contributed by atoms with Crippen molar-refractivity contribution in [2.45, 2.75) is 26.8 Å². The molecule has 0 aliphatic carbocycles. The van der Waals surface area contributed by atoms with Gasteiger partial charge in [-0.2, -0.15) is 5.10 Å². The fourth-order valence-electron chi connectivity index (χ4n) is 2.54. The first-order valence-electron chi connectivity index (χ1n) is 7.89. The van der Waals surface area contributed by atoms with E-state index < -0.39 is 0 Å². The van der Waals surface area contributed by atoms with Crippen LogP contribution in [0, 0.1) is 13.8 Å². The first-order valence-corrected chi connectivity index (χ1v) is 9.50. The molecule has 0 fully saturated rings. The first-order chi connectivity index (χ1) is 11.9. The Labute approximate surface area is 158 Å². The lowest BCUT2D eigenvalue weighted by Gasteiger charge is -2.15. The van der Waals surface area contributed by atoms with Crippen LogP contribution in [0.5, 0.6) is 0 Å². The molecule has 7 heteroatoms. The smallest absolute Gasteiger partial charge is 0.282 e. The lowest BCUT2D eigenvalue weighted by Crippen LogP contribution is -2.22. The largest absolute Gasteiger partial charge is 0.375 e. The van der Waals surface area contributed by atoms with E-state index in [1.165, 1.54) is 10.2 Å². The quantitative estimate of drug-likeness (QED) is 0.679. The molecule has 3 rings (SSSR count). The molecule has 0 bridgehead atoms. The van der Waals surface area contributed by atoms with Gasteiger partial charge in [0.25, 0.3) is 5.56 Å². The summed E-state index contributed by atoms with van der Waals surface area (Å²) in [6.07, 6.45) is 1.65. The summed E-state index contributed by atoms with van der Waals surface area (Å²) in [5, 5.41) is 8.43. The Bertz CT molecular complexity index is 962. The number of nitrogens with one attached hydrogen (secondary N) is 1. The lowest BCUT2D eigenvalue weighted by atomic mass is 10.2. The molecule has 0 aliphatic rings. The zero-order chi connectivity index (χ0) is 18.1. The molecule has 0 spiro atoms. The van der Waals surface area contributed by atoms with Crippen molar-refractivity contribution in [2.24, 2.45) is 7.05 Å². The van der Waals surface area contributed by atoms with Crippen LogP contribution >= 0.6 is 27.3 Å². The van der Waals surface area contributed by atoms with Gasteiger partial charge in [0, 0.05) is 17.5 Å². The Balaban J connectivity index is 1.88. The molecule has 1 unspecified atom stereocenters. The molecule has 0 radical (unpaired) electrons. The lowest BCUT2D eigenvalue weighted by molar-refractivity contribution is 0.701. The van der Waals surface area contributed by atoms with Gasteiger partial charge in [0.1, 0.15) is 9.48 Å². The van der Waals surface area contributed by atoms with E-state index in [1.807, 2.05) is 6.92 Å². The summed E-state index contributed by atoms with van der Waals surface area (Å²) in [6, 6.07) is 8.39. The van der Waals surface area contributed by atoms with Gasteiger partial charge < -0.3 is 5.32 Å². The van der Waals surface area contributed by atoms with Crippen molar-refractivity contribution < 1.29 is 0 Å². The highest BCUT2D eigenvalue weighted by molar-refractivity contribution is 9.10. The van der Waals surface area contributed by atoms with Crippen molar-refractivity contribution in [2.75, 3.05) is 5.32 Å². The predicted molar refractivity (Wildman–Crippen MR) is 106 cm³/mol. The minimum atomic E-state index is -0.168. The van der Waals surface area contributed by atoms with E-state index >= 15 is 0 Å². The molecule has 0 aliphatic heterocycles. The molecule has 2 heterocycles. The van der Waals surface area contributed by atoms with E-state index in [0.717, 1.165) is 21.1 Å². The summed E-state index contributed by atoms with van der Waals surface area (Å²) in [5.41, 5.74) is 3.86. The zero-order valence-corrected chi connectivity index (χ0v) is 16.9. The van der Waals surface area contributed by atoms with Crippen LogP contribution in [0.1, 0.15) is 29.1 Å². The van der Waals surface area contributed by atoms with E-state index in [2.05, 4.69) is 64.5 Å². The summed E-state index contributed by atoms with van der Waals surface area (Å²) in [4.78, 5) is 17.8. The van der Waals surface area contributed by atoms with Crippen molar-refractivity contribution in [3.8, 4) is 10.6 Å². The third-order valence-corrected chi connectivity index (χ3v) is 6.13. The van der Waals surface area contributed by atoms with Gasteiger partial charge in [-0.25, -0.2) is 9.67 Å². The second-order valence-corrected chi connectivity index (χ2v) is 7.83.